The van der Waals surface area contributed by atoms with E-state index in [2.05, 4.69) is 10.2 Å². The van der Waals surface area contributed by atoms with E-state index in [1.165, 1.54) is 44.2 Å². The molecule has 0 radical (unpaired) electrons. The van der Waals surface area contributed by atoms with Crippen LogP contribution in [0, 0.1) is 0 Å². The molecule has 0 aliphatic heterocycles. The number of nitrogens with one attached hydrogen (secondary N) is 1. The summed E-state index contributed by atoms with van der Waals surface area (Å²) in [6.07, 6.45) is -0.681. The zero-order valence-corrected chi connectivity index (χ0v) is 24.7. The number of esters is 4. The Bertz CT molecular complexity index is 1320. The van der Waals surface area contributed by atoms with Crippen LogP contribution in [0.15, 0.2) is 42.5 Å². The van der Waals surface area contributed by atoms with Gasteiger partial charge in [-0.25, -0.2) is 19.2 Å². The van der Waals surface area contributed by atoms with Crippen molar-refractivity contribution in [1.29, 1.82) is 0 Å². The summed E-state index contributed by atoms with van der Waals surface area (Å²) in [6, 6.07) is 8.37. The number of ether oxygens (including phenoxy) is 6. The molecule has 0 saturated heterocycles. The van der Waals surface area contributed by atoms with E-state index >= 15 is 0 Å². The van der Waals surface area contributed by atoms with Crippen molar-refractivity contribution in [2.75, 3.05) is 20.0 Å². The SMILES string of the molecule is CC(=O)Oc1ccccc1C(=O)OCOC(=O)c1ccc(OCCCON(O)O)c(OC(=O)C(C)NC(=O)OC(C)(C)C)c1. The molecule has 3 N–H and O–H groups in total. The summed E-state index contributed by atoms with van der Waals surface area (Å²) in [4.78, 5) is 65.6. The molecule has 2 aromatic rings. The van der Waals surface area contributed by atoms with Gasteiger partial charge in [-0.05, 0) is 58.0 Å². The van der Waals surface area contributed by atoms with Crippen LogP contribution in [0.25, 0.3) is 0 Å². The predicted octanol–water partition coefficient (Wildman–Crippen LogP) is 3.18. The number of carbonyl (C=O) groups is 5. The zero-order valence-electron chi connectivity index (χ0n) is 24.7. The second kappa shape index (κ2) is 16.8. The molecular weight excluding hydrogens is 588 g/mol. The molecule has 1 unspecified atom stereocenters. The van der Waals surface area contributed by atoms with Crippen molar-refractivity contribution in [1.82, 2.24) is 10.7 Å². The Kier molecular flexibility index (Phi) is 13.5. The molecule has 0 aromatic heterocycles. The van der Waals surface area contributed by atoms with E-state index in [0.717, 1.165) is 6.07 Å². The highest BCUT2D eigenvalue weighted by Crippen LogP contribution is 2.30. The minimum Gasteiger partial charge on any atom is -0.490 e. The van der Waals surface area contributed by atoms with Crippen LogP contribution in [0.4, 0.5) is 4.79 Å². The molecule has 16 nitrogen and oxygen atoms in total. The lowest BCUT2D eigenvalue weighted by Crippen LogP contribution is -2.43. The Morgan fingerprint density at radius 2 is 1.57 bits per heavy atom. The average Bonchev–Trinajstić information content (AvgIpc) is 2.92. The van der Waals surface area contributed by atoms with Gasteiger partial charge >= 0.3 is 30.0 Å². The molecule has 1 atom stereocenters. The fourth-order valence-corrected chi connectivity index (χ4v) is 3.14. The van der Waals surface area contributed by atoms with Crippen molar-refractivity contribution in [3.05, 3.63) is 53.6 Å². The number of para-hydroxylation sites is 1. The summed E-state index contributed by atoms with van der Waals surface area (Å²) in [5.41, 5.74) is -1.00. The summed E-state index contributed by atoms with van der Waals surface area (Å²) in [7, 11) is 0. The predicted molar refractivity (Wildman–Crippen MR) is 146 cm³/mol. The number of nitrogens with zero attached hydrogens (tertiary/aromatic N) is 1. The van der Waals surface area contributed by atoms with Gasteiger partial charge in [-0.15, -0.1) is 0 Å². The van der Waals surface area contributed by atoms with E-state index in [-0.39, 0.29) is 48.0 Å². The van der Waals surface area contributed by atoms with E-state index in [9.17, 15) is 24.0 Å². The van der Waals surface area contributed by atoms with Crippen molar-refractivity contribution in [3.63, 3.8) is 0 Å². The van der Waals surface area contributed by atoms with Gasteiger partial charge in [0, 0.05) is 13.3 Å². The number of alkyl carbamates (subject to hydrolysis) is 1. The van der Waals surface area contributed by atoms with Gasteiger partial charge in [0.05, 0.1) is 24.2 Å². The van der Waals surface area contributed by atoms with Crippen LogP contribution in [-0.2, 0) is 28.6 Å². The van der Waals surface area contributed by atoms with Gasteiger partial charge < -0.3 is 33.7 Å². The minimum absolute atomic E-state index is 0.0118. The maximum atomic E-state index is 12.7. The molecule has 16 heteroatoms. The molecule has 0 spiro atoms. The largest absolute Gasteiger partial charge is 0.490 e. The lowest BCUT2D eigenvalue weighted by Gasteiger charge is -2.21. The number of benzene rings is 2. The van der Waals surface area contributed by atoms with Crippen LogP contribution in [-0.4, -0.2) is 77.4 Å². The third kappa shape index (κ3) is 12.6. The molecule has 0 aliphatic rings. The van der Waals surface area contributed by atoms with Gasteiger partial charge in [0.1, 0.15) is 23.0 Å². The number of carbonyl (C=O) groups excluding carboxylic acids is 5. The topological polar surface area (TPSA) is 206 Å². The van der Waals surface area contributed by atoms with Crippen LogP contribution in [0.2, 0.25) is 0 Å². The quantitative estimate of drug-likeness (QED) is 0.0909. The van der Waals surface area contributed by atoms with Gasteiger partial charge in [-0.3, -0.25) is 20.0 Å². The molecular formula is C28H34N2O14. The minimum atomic E-state index is -1.17. The van der Waals surface area contributed by atoms with Crippen molar-refractivity contribution in [3.8, 4) is 17.2 Å². The Hall–Kier alpha value is -4.77. The number of amides is 1. The first-order chi connectivity index (χ1) is 20.7. The smallest absolute Gasteiger partial charge is 0.408 e. The van der Waals surface area contributed by atoms with E-state index in [4.69, 9.17) is 38.8 Å². The fraction of sp³-hybridized carbons (Fsp3) is 0.393. The Labute approximate surface area is 252 Å². The molecule has 0 heterocycles. The van der Waals surface area contributed by atoms with Gasteiger partial charge in [0.25, 0.3) is 0 Å². The van der Waals surface area contributed by atoms with Crippen molar-refractivity contribution < 1.29 is 67.6 Å². The summed E-state index contributed by atoms with van der Waals surface area (Å²) < 4.78 is 31.0. The summed E-state index contributed by atoms with van der Waals surface area (Å²) in [5, 5.41) is 19.1. The summed E-state index contributed by atoms with van der Waals surface area (Å²) >= 11 is 0. The number of rotatable bonds is 14. The first-order valence-electron chi connectivity index (χ1n) is 13.1. The van der Waals surface area contributed by atoms with Crippen LogP contribution in [0.1, 0.15) is 61.8 Å². The number of hydrogen-bond donors (Lipinski definition) is 3. The molecule has 2 rings (SSSR count). The van der Waals surface area contributed by atoms with Gasteiger partial charge in [-0.1, -0.05) is 12.1 Å². The maximum absolute atomic E-state index is 12.7. The zero-order chi connectivity index (χ0) is 32.9. The molecule has 0 bridgehead atoms. The summed E-state index contributed by atoms with van der Waals surface area (Å²) in [6.45, 7) is 6.50. The normalized spacial score (nSPS) is 11.6. The van der Waals surface area contributed by atoms with Crippen LogP contribution < -0.4 is 19.5 Å². The van der Waals surface area contributed by atoms with Gasteiger partial charge in [-0.2, -0.15) is 0 Å². The molecule has 1 amide bonds. The highest BCUT2D eigenvalue weighted by atomic mass is 17.1. The second-order valence-corrected chi connectivity index (χ2v) is 9.81. The molecule has 0 fully saturated rings. The highest BCUT2D eigenvalue weighted by Gasteiger charge is 2.24. The maximum Gasteiger partial charge on any atom is 0.408 e. The standard InChI is InChI=1S/C28H34N2O14/c1-17(29-27(35)44-28(3,4)5)24(32)43-23-15-19(11-12-22(23)38-13-8-14-41-30(36)37)25(33)39-16-40-26(34)20-9-6-7-10-21(20)42-18(2)31/h6-7,9-12,15,17,36-37H,8,13-14,16H2,1-5H3,(H,29,35). The van der Waals surface area contributed by atoms with Crippen molar-refractivity contribution in [2.45, 2.75) is 52.7 Å². The van der Waals surface area contributed by atoms with Gasteiger partial charge in [0.15, 0.2) is 11.5 Å². The van der Waals surface area contributed by atoms with Crippen molar-refractivity contribution >= 4 is 30.0 Å². The monoisotopic (exact) mass is 622 g/mol. The third-order valence-electron chi connectivity index (χ3n) is 4.97. The molecule has 44 heavy (non-hydrogen) atoms. The van der Waals surface area contributed by atoms with Crippen LogP contribution in [0.3, 0.4) is 0 Å². The van der Waals surface area contributed by atoms with Crippen LogP contribution in [0.5, 0.6) is 17.2 Å². The number of hydrogen-bond acceptors (Lipinski definition) is 15. The highest BCUT2D eigenvalue weighted by molar-refractivity contribution is 5.94. The molecule has 240 valence electrons. The second-order valence-electron chi connectivity index (χ2n) is 9.81. The van der Waals surface area contributed by atoms with Gasteiger partial charge in [0.2, 0.25) is 6.79 Å². The lowest BCUT2D eigenvalue weighted by molar-refractivity contribution is -0.492. The first kappa shape index (κ1) is 35.4. The van der Waals surface area contributed by atoms with E-state index in [0.29, 0.717) is 0 Å². The Morgan fingerprint density at radius 3 is 2.23 bits per heavy atom. The van der Waals surface area contributed by atoms with Crippen molar-refractivity contribution in [2.24, 2.45) is 0 Å². The lowest BCUT2D eigenvalue weighted by atomic mass is 10.2. The van der Waals surface area contributed by atoms with E-state index in [1.54, 1.807) is 26.8 Å². The van der Waals surface area contributed by atoms with E-state index < -0.39 is 53.8 Å². The first-order valence-corrected chi connectivity index (χ1v) is 13.1. The third-order valence-corrected chi connectivity index (χ3v) is 4.97. The molecule has 2 aromatic carbocycles. The Balaban J connectivity index is 2.11. The molecule has 0 aliphatic carbocycles. The average molecular weight is 623 g/mol. The fourth-order valence-electron chi connectivity index (χ4n) is 3.14. The molecule has 0 saturated carbocycles. The van der Waals surface area contributed by atoms with Crippen LogP contribution >= 0.6 is 0 Å². The van der Waals surface area contributed by atoms with E-state index in [1.807, 2.05) is 0 Å². The Morgan fingerprint density at radius 1 is 0.886 bits per heavy atom. The summed E-state index contributed by atoms with van der Waals surface area (Å²) in [5.74, 6) is -3.70.